The van der Waals surface area contributed by atoms with Crippen LogP contribution in [0.25, 0.3) is 11.0 Å². The number of primary amides is 1. The van der Waals surface area contributed by atoms with E-state index >= 15 is 0 Å². The van der Waals surface area contributed by atoms with Crippen molar-refractivity contribution in [3.8, 4) is 0 Å². The van der Waals surface area contributed by atoms with Crippen molar-refractivity contribution in [1.29, 1.82) is 0 Å². The minimum Gasteiger partial charge on any atom is -0.366 e. The van der Waals surface area contributed by atoms with E-state index in [1.54, 1.807) is 6.07 Å². The van der Waals surface area contributed by atoms with Crippen LogP contribution in [0.2, 0.25) is 0 Å². The second-order valence-corrected chi connectivity index (χ2v) is 4.74. The van der Waals surface area contributed by atoms with Crippen LogP contribution in [0, 0.1) is 0 Å². The number of aryl methyl sites for hydroxylation is 2. The number of aromatic amines is 1. The van der Waals surface area contributed by atoms with E-state index in [0.717, 1.165) is 24.2 Å². The molecule has 3 aromatic rings. The van der Waals surface area contributed by atoms with Crippen LogP contribution < -0.4 is 5.73 Å². The molecule has 0 aliphatic heterocycles. The summed E-state index contributed by atoms with van der Waals surface area (Å²) in [5, 5.41) is 0. The van der Waals surface area contributed by atoms with Gasteiger partial charge in [0.15, 0.2) is 0 Å². The fourth-order valence-corrected chi connectivity index (χ4v) is 2.31. The number of H-pyrrole nitrogens is 1. The number of benzene rings is 2. The Kier molecular flexibility index (Phi) is 3.21. The molecule has 0 spiro atoms. The van der Waals surface area contributed by atoms with Gasteiger partial charge in [-0.05, 0) is 24.1 Å². The monoisotopic (exact) mass is 265 g/mol. The van der Waals surface area contributed by atoms with Crippen molar-refractivity contribution in [3.05, 3.63) is 65.5 Å². The highest BCUT2D eigenvalue weighted by Crippen LogP contribution is 2.17. The average Bonchev–Trinajstić information content (AvgIpc) is 2.88. The lowest BCUT2D eigenvalue weighted by molar-refractivity contribution is 0.100. The van der Waals surface area contributed by atoms with Crippen molar-refractivity contribution < 1.29 is 4.79 Å². The SMILES string of the molecule is NC(=O)c1cccc2[nH]c(CCc3ccccc3)nc12. The summed E-state index contributed by atoms with van der Waals surface area (Å²) in [6.45, 7) is 0. The Morgan fingerprint density at radius 1 is 1.05 bits per heavy atom. The van der Waals surface area contributed by atoms with E-state index in [1.165, 1.54) is 5.56 Å². The third kappa shape index (κ3) is 2.40. The number of nitrogens with zero attached hydrogens (tertiary/aromatic N) is 1. The maximum Gasteiger partial charge on any atom is 0.250 e. The van der Waals surface area contributed by atoms with Gasteiger partial charge in [0.2, 0.25) is 0 Å². The van der Waals surface area contributed by atoms with Crippen LogP contribution >= 0.6 is 0 Å². The van der Waals surface area contributed by atoms with Gasteiger partial charge in [0.05, 0.1) is 11.1 Å². The number of nitrogens with one attached hydrogen (secondary N) is 1. The van der Waals surface area contributed by atoms with Crippen molar-refractivity contribution in [1.82, 2.24) is 9.97 Å². The smallest absolute Gasteiger partial charge is 0.250 e. The van der Waals surface area contributed by atoms with Gasteiger partial charge in [-0.2, -0.15) is 0 Å². The van der Waals surface area contributed by atoms with Crippen LogP contribution in [0.5, 0.6) is 0 Å². The summed E-state index contributed by atoms with van der Waals surface area (Å²) in [5.41, 5.74) is 8.60. The normalized spacial score (nSPS) is 10.8. The van der Waals surface area contributed by atoms with Crippen LogP contribution in [0.4, 0.5) is 0 Å². The van der Waals surface area contributed by atoms with Gasteiger partial charge in [0.25, 0.3) is 5.91 Å². The molecule has 4 heteroatoms. The third-order valence-corrected chi connectivity index (χ3v) is 3.32. The first-order valence-electron chi connectivity index (χ1n) is 6.55. The van der Waals surface area contributed by atoms with E-state index in [2.05, 4.69) is 22.1 Å². The maximum absolute atomic E-state index is 11.4. The molecule has 0 atom stereocenters. The van der Waals surface area contributed by atoms with Crippen molar-refractivity contribution in [2.75, 3.05) is 0 Å². The maximum atomic E-state index is 11.4. The molecule has 0 bridgehead atoms. The summed E-state index contributed by atoms with van der Waals surface area (Å²) in [6.07, 6.45) is 1.71. The summed E-state index contributed by atoms with van der Waals surface area (Å²) in [5.74, 6) is 0.425. The molecule has 1 aromatic heterocycles. The predicted octanol–water partition coefficient (Wildman–Crippen LogP) is 2.45. The molecule has 0 saturated heterocycles. The van der Waals surface area contributed by atoms with Gasteiger partial charge < -0.3 is 10.7 Å². The van der Waals surface area contributed by atoms with Gasteiger partial charge in [-0.3, -0.25) is 4.79 Å². The Morgan fingerprint density at radius 2 is 1.85 bits per heavy atom. The second kappa shape index (κ2) is 5.17. The highest BCUT2D eigenvalue weighted by atomic mass is 16.1. The van der Waals surface area contributed by atoms with Gasteiger partial charge in [0.1, 0.15) is 11.3 Å². The lowest BCUT2D eigenvalue weighted by Gasteiger charge is -1.98. The first-order chi connectivity index (χ1) is 9.74. The number of carbonyl (C=O) groups is 1. The van der Waals surface area contributed by atoms with Crippen LogP contribution in [0.15, 0.2) is 48.5 Å². The van der Waals surface area contributed by atoms with Crippen molar-refractivity contribution >= 4 is 16.9 Å². The molecule has 0 aliphatic rings. The number of carbonyl (C=O) groups excluding carboxylic acids is 1. The second-order valence-electron chi connectivity index (χ2n) is 4.74. The van der Waals surface area contributed by atoms with Crippen LogP contribution in [0.3, 0.4) is 0 Å². The van der Waals surface area contributed by atoms with E-state index in [4.69, 9.17) is 5.73 Å². The molecule has 2 aromatic carbocycles. The number of aromatic nitrogens is 2. The van der Waals surface area contributed by atoms with Gasteiger partial charge >= 0.3 is 0 Å². The molecule has 20 heavy (non-hydrogen) atoms. The molecule has 1 heterocycles. The molecule has 1 amide bonds. The number of rotatable bonds is 4. The number of amides is 1. The molecule has 0 aliphatic carbocycles. The topological polar surface area (TPSA) is 71.8 Å². The first kappa shape index (κ1) is 12.4. The highest BCUT2D eigenvalue weighted by Gasteiger charge is 2.10. The molecule has 4 nitrogen and oxygen atoms in total. The van der Waals surface area contributed by atoms with E-state index < -0.39 is 5.91 Å². The zero-order valence-corrected chi connectivity index (χ0v) is 11.0. The van der Waals surface area contributed by atoms with E-state index in [9.17, 15) is 4.79 Å². The third-order valence-electron chi connectivity index (χ3n) is 3.32. The van der Waals surface area contributed by atoms with Crippen molar-refractivity contribution in [2.45, 2.75) is 12.8 Å². The van der Waals surface area contributed by atoms with Gasteiger partial charge in [-0.1, -0.05) is 36.4 Å². The fourth-order valence-electron chi connectivity index (χ4n) is 2.31. The van der Waals surface area contributed by atoms with Crippen LogP contribution in [0.1, 0.15) is 21.7 Å². The highest BCUT2D eigenvalue weighted by molar-refractivity contribution is 6.03. The van der Waals surface area contributed by atoms with E-state index in [1.807, 2.05) is 30.3 Å². The molecule has 3 rings (SSSR count). The largest absolute Gasteiger partial charge is 0.366 e. The van der Waals surface area contributed by atoms with Crippen molar-refractivity contribution in [3.63, 3.8) is 0 Å². The minimum atomic E-state index is -0.447. The van der Waals surface area contributed by atoms with Gasteiger partial charge in [-0.25, -0.2) is 4.98 Å². The van der Waals surface area contributed by atoms with E-state index in [-0.39, 0.29) is 0 Å². The first-order valence-corrected chi connectivity index (χ1v) is 6.55. The summed E-state index contributed by atoms with van der Waals surface area (Å²) in [4.78, 5) is 19.1. The van der Waals surface area contributed by atoms with Gasteiger partial charge in [-0.15, -0.1) is 0 Å². The number of hydrogen-bond donors (Lipinski definition) is 2. The Hall–Kier alpha value is -2.62. The fraction of sp³-hybridized carbons (Fsp3) is 0.125. The Balaban J connectivity index is 1.86. The zero-order valence-electron chi connectivity index (χ0n) is 11.0. The summed E-state index contributed by atoms with van der Waals surface area (Å²) in [6, 6.07) is 15.7. The van der Waals surface area contributed by atoms with Crippen LogP contribution in [-0.4, -0.2) is 15.9 Å². The number of para-hydroxylation sites is 1. The number of hydrogen-bond acceptors (Lipinski definition) is 2. The standard InChI is InChI=1S/C16H15N3O/c17-16(20)12-7-4-8-13-15(12)19-14(18-13)10-9-11-5-2-1-3-6-11/h1-8H,9-10H2,(H2,17,20)(H,18,19). The van der Waals surface area contributed by atoms with Gasteiger partial charge in [0, 0.05) is 6.42 Å². The number of fused-ring (bicyclic) bond motifs is 1. The molecule has 0 saturated carbocycles. The summed E-state index contributed by atoms with van der Waals surface area (Å²) in [7, 11) is 0. The minimum absolute atomic E-state index is 0.447. The molecule has 0 unspecified atom stereocenters. The predicted molar refractivity (Wildman–Crippen MR) is 78.5 cm³/mol. The molecule has 0 fully saturated rings. The zero-order chi connectivity index (χ0) is 13.9. The lowest BCUT2D eigenvalue weighted by Crippen LogP contribution is -2.11. The summed E-state index contributed by atoms with van der Waals surface area (Å²) < 4.78 is 0. The Labute approximate surface area is 116 Å². The molecule has 100 valence electrons. The Morgan fingerprint density at radius 3 is 2.60 bits per heavy atom. The lowest BCUT2D eigenvalue weighted by atomic mass is 10.1. The average molecular weight is 265 g/mol. The number of nitrogens with two attached hydrogens (primary N) is 1. The molecular weight excluding hydrogens is 250 g/mol. The summed E-state index contributed by atoms with van der Waals surface area (Å²) >= 11 is 0. The van der Waals surface area contributed by atoms with Crippen LogP contribution in [-0.2, 0) is 12.8 Å². The number of imidazole rings is 1. The van der Waals surface area contributed by atoms with Crippen molar-refractivity contribution in [2.24, 2.45) is 5.73 Å². The molecule has 0 radical (unpaired) electrons. The quantitative estimate of drug-likeness (QED) is 0.760. The Bertz CT molecular complexity index is 747. The van der Waals surface area contributed by atoms with E-state index in [0.29, 0.717) is 11.1 Å². The molecule has 3 N–H and O–H groups in total. The molecular formula is C16H15N3O.